The van der Waals surface area contributed by atoms with E-state index in [0.29, 0.717) is 10.6 Å². The molecule has 0 N–H and O–H groups in total. The van der Waals surface area contributed by atoms with Crippen LogP contribution in [-0.2, 0) is 4.74 Å². The Kier molecular flexibility index (Phi) is 5.31. The number of halogens is 1. The standard InChI is InChI=1S/C19H20ClNO2/c20-17-10-8-16(9-11-17)19(22)23-18(14-21-12-4-5-13-21)15-6-2-1-3-7-15/h1-3,6-11,18H,4-5,12-14H2/t18-/m1/s1. The Bertz CT molecular complexity index is 636. The van der Waals surface area contributed by atoms with Gasteiger partial charge in [0.1, 0.15) is 6.10 Å². The van der Waals surface area contributed by atoms with E-state index in [1.165, 1.54) is 12.8 Å². The number of hydrogen-bond donors (Lipinski definition) is 0. The molecule has 0 bridgehead atoms. The molecule has 23 heavy (non-hydrogen) atoms. The van der Waals surface area contributed by atoms with Crippen molar-refractivity contribution in [1.29, 1.82) is 0 Å². The van der Waals surface area contributed by atoms with Crippen molar-refractivity contribution >= 4 is 17.6 Å². The second-order valence-corrected chi connectivity index (χ2v) is 6.26. The molecular weight excluding hydrogens is 310 g/mol. The van der Waals surface area contributed by atoms with Gasteiger partial charge in [-0.15, -0.1) is 0 Å². The first-order chi connectivity index (χ1) is 11.2. The lowest BCUT2D eigenvalue weighted by atomic mass is 10.1. The summed E-state index contributed by atoms with van der Waals surface area (Å²) < 4.78 is 5.80. The zero-order valence-electron chi connectivity index (χ0n) is 13.0. The zero-order chi connectivity index (χ0) is 16.1. The van der Waals surface area contributed by atoms with Gasteiger partial charge in [-0.05, 0) is 55.8 Å². The lowest BCUT2D eigenvalue weighted by molar-refractivity contribution is 0.0216. The van der Waals surface area contributed by atoms with E-state index in [2.05, 4.69) is 4.90 Å². The molecule has 3 nitrogen and oxygen atoms in total. The third-order valence-corrected chi connectivity index (χ3v) is 4.38. The topological polar surface area (TPSA) is 29.5 Å². The molecule has 3 rings (SSSR count). The van der Waals surface area contributed by atoms with Gasteiger partial charge in [-0.1, -0.05) is 41.9 Å². The van der Waals surface area contributed by atoms with Crippen molar-refractivity contribution in [2.45, 2.75) is 18.9 Å². The smallest absolute Gasteiger partial charge is 0.338 e. The average Bonchev–Trinajstić information content (AvgIpc) is 3.09. The van der Waals surface area contributed by atoms with Crippen molar-refractivity contribution in [1.82, 2.24) is 4.90 Å². The van der Waals surface area contributed by atoms with Crippen LogP contribution in [0.4, 0.5) is 0 Å². The molecule has 0 spiro atoms. The minimum Gasteiger partial charge on any atom is -0.453 e. The summed E-state index contributed by atoms with van der Waals surface area (Å²) in [5, 5.41) is 0.609. The molecule has 120 valence electrons. The van der Waals surface area contributed by atoms with Crippen LogP contribution in [0.2, 0.25) is 5.02 Å². The highest BCUT2D eigenvalue weighted by atomic mass is 35.5. The molecule has 4 heteroatoms. The normalized spacial score (nSPS) is 16.2. The van der Waals surface area contributed by atoms with Gasteiger partial charge in [0, 0.05) is 11.6 Å². The molecule has 1 aliphatic heterocycles. The molecule has 1 fully saturated rings. The van der Waals surface area contributed by atoms with Gasteiger partial charge in [0.15, 0.2) is 0 Å². The second kappa shape index (κ2) is 7.62. The number of benzene rings is 2. The van der Waals surface area contributed by atoms with Gasteiger partial charge >= 0.3 is 5.97 Å². The van der Waals surface area contributed by atoms with Gasteiger partial charge in [-0.3, -0.25) is 4.90 Å². The van der Waals surface area contributed by atoms with Crippen LogP contribution in [0.15, 0.2) is 54.6 Å². The van der Waals surface area contributed by atoms with Gasteiger partial charge in [0.2, 0.25) is 0 Å². The van der Waals surface area contributed by atoms with E-state index in [1.807, 2.05) is 30.3 Å². The summed E-state index contributed by atoms with van der Waals surface area (Å²) in [4.78, 5) is 14.8. The first-order valence-electron chi connectivity index (χ1n) is 7.96. The SMILES string of the molecule is O=C(O[C@H](CN1CCCC1)c1ccccc1)c1ccc(Cl)cc1. The third-order valence-electron chi connectivity index (χ3n) is 4.12. The summed E-state index contributed by atoms with van der Waals surface area (Å²) in [6, 6.07) is 16.7. The second-order valence-electron chi connectivity index (χ2n) is 5.82. The molecule has 0 amide bonds. The van der Waals surface area contributed by atoms with Crippen LogP contribution < -0.4 is 0 Å². The van der Waals surface area contributed by atoms with Crippen molar-refractivity contribution in [2.75, 3.05) is 19.6 Å². The number of likely N-dealkylation sites (tertiary alicyclic amines) is 1. The van der Waals surface area contributed by atoms with Gasteiger partial charge in [0.05, 0.1) is 5.56 Å². The summed E-state index contributed by atoms with van der Waals surface area (Å²) >= 11 is 5.87. The van der Waals surface area contributed by atoms with Gasteiger partial charge < -0.3 is 4.74 Å². The van der Waals surface area contributed by atoms with Crippen molar-refractivity contribution in [3.05, 3.63) is 70.7 Å². The Balaban J connectivity index is 1.74. The Morgan fingerprint density at radius 1 is 1.04 bits per heavy atom. The largest absolute Gasteiger partial charge is 0.453 e. The summed E-state index contributed by atoms with van der Waals surface area (Å²) in [6.45, 7) is 2.88. The van der Waals surface area contributed by atoms with E-state index in [0.717, 1.165) is 25.2 Å². The molecule has 2 aromatic rings. The molecular formula is C19H20ClNO2. The summed E-state index contributed by atoms with van der Waals surface area (Å²) in [7, 11) is 0. The van der Waals surface area contributed by atoms with Crippen LogP contribution in [0.25, 0.3) is 0 Å². The summed E-state index contributed by atoms with van der Waals surface area (Å²) in [6.07, 6.45) is 2.18. The average molecular weight is 330 g/mol. The Hall–Kier alpha value is -1.84. The van der Waals surface area contributed by atoms with E-state index in [9.17, 15) is 4.79 Å². The highest BCUT2D eigenvalue weighted by Gasteiger charge is 2.22. The minimum atomic E-state index is -0.310. The van der Waals surface area contributed by atoms with E-state index in [-0.39, 0.29) is 12.1 Å². The number of ether oxygens (including phenoxy) is 1. The van der Waals surface area contributed by atoms with E-state index >= 15 is 0 Å². The quantitative estimate of drug-likeness (QED) is 0.764. The van der Waals surface area contributed by atoms with Crippen molar-refractivity contribution in [3.63, 3.8) is 0 Å². The first kappa shape index (κ1) is 16.0. The zero-order valence-corrected chi connectivity index (χ0v) is 13.7. The molecule has 2 aromatic carbocycles. The minimum absolute atomic E-state index is 0.252. The van der Waals surface area contributed by atoms with Crippen LogP contribution in [0, 0.1) is 0 Å². The number of esters is 1. The van der Waals surface area contributed by atoms with Crippen molar-refractivity contribution in [3.8, 4) is 0 Å². The van der Waals surface area contributed by atoms with E-state index in [4.69, 9.17) is 16.3 Å². The molecule has 1 heterocycles. The molecule has 0 saturated carbocycles. The highest BCUT2D eigenvalue weighted by Crippen LogP contribution is 2.23. The Morgan fingerprint density at radius 3 is 2.35 bits per heavy atom. The predicted molar refractivity (Wildman–Crippen MR) is 91.7 cm³/mol. The predicted octanol–water partition coefficient (Wildman–Crippen LogP) is 4.33. The number of rotatable bonds is 5. The Labute approximate surface area is 141 Å². The van der Waals surface area contributed by atoms with E-state index < -0.39 is 0 Å². The molecule has 1 atom stereocenters. The fourth-order valence-electron chi connectivity index (χ4n) is 2.86. The summed E-state index contributed by atoms with van der Waals surface area (Å²) in [5.74, 6) is -0.310. The highest BCUT2D eigenvalue weighted by molar-refractivity contribution is 6.30. The molecule has 1 aliphatic rings. The molecule has 0 aromatic heterocycles. The molecule has 1 saturated heterocycles. The molecule has 0 unspecified atom stereocenters. The Morgan fingerprint density at radius 2 is 1.70 bits per heavy atom. The van der Waals surface area contributed by atoms with Crippen molar-refractivity contribution < 1.29 is 9.53 Å². The van der Waals surface area contributed by atoms with Gasteiger partial charge in [-0.25, -0.2) is 4.79 Å². The summed E-state index contributed by atoms with van der Waals surface area (Å²) in [5.41, 5.74) is 1.55. The van der Waals surface area contributed by atoms with Crippen LogP contribution in [-0.4, -0.2) is 30.5 Å². The number of carbonyl (C=O) groups excluding carboxylic acids is 1. The number of nitrogens with zero attached hydrogens (tertiary/aromatic N) is 1. The maximum absolute atomic E-state index is 12.4. The molecule has 0 radical (unpaired) electrons. The van der Waals surface area contributed by atoms with E-state index in [1.54, 1.807) is 24.3 Å². The van der Waals surface area contributed by atoms with Crippen molar-refractivity contribution in [2.24, 2.45) is 0 Å². The third kappa shape index (κ3) is 4.34. The fraction of sp³-hybridized carbons (Fsp3) is 0.316. The van der Waals surface area contributed by atoms with Crippen LogP contribution in [0.3, 0.4) is 0 Å². The lowest BCUT2D eigenvalue weighted by Gasteiger charge is -2.24. The van der Waals surface area contributed by atoms with Crippen LogP contribution in [0.1, 0.15) is 34.9 Å². The lowest BCUT2D eigenvalue weighted by Crippen LogP contribution is -2.28. The fourth-order valence-corrected chi connectivity index (χ4v) is 2.99. The maximum Gasteiger partial charge on any atom is 0.338 e. The van der Waals surface area contributed by atoms with Crippen LogP contribution >= 0.6 is 11.6 Å². The van der Waals surface area contributed by atoms with Crippen LogP contribution in [0.5, 0.6) is 0 Å². The van der Waals surface area contributed by atoms with Gasteiger partial charge in [-0.2, -0.15) is 0 Å². The number of hydrogen-bond acceptors (Lipinski definition) is 3. The van der Waals surface area contributed by atoms with Gasteiger partial charge in [0.25, 0.3) is 0 Å². The maximum atomic E-state index is 12.4. The number of carbonyl (C=O) groups is 1. The first-order valence-corrected chi connectivity index (χ1v) is 8.34. The monoisotopic (exact) mass is 329 g/mol. The molecule has 0 aliphatic carbocycles.